The van der Waals surface area contributed by atoms with Crippen LogP contribution in [0.2, 0.25) is 0 Å². The van der Waals surface area contributed by atoms with E-state index in [4.69, 9.17) is 4.74 Å². The summed E-state index contributed by atoms with van der Waals surface area (Å²) < 4.78 is 4.83. The monoisotopic (exact) mass is 741 g/mol. The van der Waals surface area contributed by atoms with Crippen molar-refractivity contribution in [1.29, 1.82) is 0 Å². The Morgan fingerprint density at radius 2 is 0.922 bits per heavy atom. The standard InChI is InChI=1S/2C6H15N.C5H11NO.2C5H13N.C5H12.C4H11N.C4H10O.C3H8/c1-4-6-7(3)5-2;1-4-7(5-2)6-3;1-4-6(3)5(2)7;1-4-6(3)5-2;1-4-6-5(2)3;3*1-3-5-4-2;1-3-2/h2*4-6H2,1-3H3;4H2,1-3H3;4-5H2,1-3H3;5-6H,4H2,1-3H3;3-5H2,1-2H3;5H,3-4H2,1-2H3;3-4H2,1-2H3;3H2,1-2H3. The lowest BCUT2D eigenvalue weighted by atomic mass is 10.3. The lowest BCUT2D eigenvalue weighted by molar-refractivity contribution is -0.127. The zero-order valence-electron chi connectivity index (χ0n) is 40.4. The first-order valence-corrected chi connectivity index (χ1v) is 21.4. The molecule has 0 saturated carbocycles. The van der Waals surface area contributed by atoms with E-state index in [-0.39, 0.29) is 5.91 Å². The lowest BCUT2D eigenvalue weighted by Gasteiger charge is -2.13. The number of ether oxygens (including phenoxy) is 1. The highest BCUT2D eigenvalue weighted by Crippen LogP contribution is 1.88. The molecular formula is C43H108N6O2. The molecule has 0 aliphatic heterocycles. The quantitative estimate of drug-likeness (QED) is 0.154. The summed E-state index contributed by atoms with van der Waals surface area (Å²) in [6, 6.07) is 0.648. The summed E-state index contributed by atoms with van der Waals surface area (Å²) in [5.74, 6) is 0.127. The van der Waals surface area contributed by atoms with E-state index in [2.05, 4.69) is 150 Å². The highest BCUT2D eigenvalue weighted by atomic mass is 16.5. The van der Waals surface area contributed by atoms with Crippen LogP contribution in [0.5, 0.6) is 0 Å². The fourth-order valence-electron chi connectivity index (χ4n) is 2.87. The fourth-order valence-corrected chi connectivity index (χ4v) is 2.87. The van der Waals surface area contributed by atoms with E-state index < -0.39 is 0 Å². The van der Waals surface area contributed by atoms with Crippen LogP contribution in [-0.2, 0) is 9.53 Å². The smallest absolute Gasteiger partial charge is 0.219 e. The third-order valence-corrected chi connectivity index (χ3v) is 6.81. The summed E-state index contributed by atoms with van der Waals surface area (Å²) in [5.41, 5.74) is 0. The molecule has 0 aromatic heterocycles. The third-order valence-electron chi connectivity index (χ3n) is 6.81. The Morgan fingerprint density at radius 1 is 0.549 bits per heavy atom. The Balaban J connectivity index is -0.0000000560. The maximum Gasteiger partial charge on any atom is 0.219 e. The predicted octanol–water partition coefficient (Wildman–Crippen LogP) is 10.4. The third kappa shape index (κ3) is 129. The van der Waals surface area contributed by atoms with Crippen LogP contribution in [0.4, 0.5) is 0 Å². The lowest BCUT2D eigenvalue weighted by Crippen LogP contribution is -2.22. The average molecular weight is 741 g/mol. The summed E-state index contributed by atoms with van der Waals surface area (Å²) in [4.78, 5) is 18.9. The minimum Gasteiger partial charge on any atom is -0.382 e. The Bertz CT molecular complexity index is 452. The van der Waals surface area contributed by atoms with Gasteiger partial charge in [-0.2, -0.15) is 0 Å². The van der Waals surface area contributed by atoms with Gasteiger partial charge in [0.1, 0.15) is 0 Å². The first-order valence-electron chi connectivity index (χ1n) is 21.4. The summed E-state index contributed by atoms with van der Waals surface area (Å²) in [5, 5.41) is 6.32. The van der Waals surface area contributed by atoms with Crippen LogP contribution < -0.4 is 10.6 Å². The molecule has 0 rings (SSSR count). The van der Waals surface area contributed by atoms with Gasteiger partial charge in [-0.3, -0.25) is 4.79 Å². The van der Waals surface area contributed by atoms with Gasteiger partial charge in [-0.25, -0.2) is 0 Å². The van der Waals surface area contributed by atoms with Crippen molar-refractivity contribution in [3.63, 3.8) is 0 Å². The molecule has 0 bridgehead atoms. The molecule has 0 saturated heterocycles. The molecule has 0 atom stereocenters. The van der Waals surface area contributed by atoms with Crippen molar-refractivity contribution in [1.82, 2.24) is 30.2 Å². The van der Waals surface area contributed by atoms with Crippen LogP contribution in [0.15, 0.2) is 0 Å². The number of hydrogen-bond donors (Lipinski definition) is 2. The van der Waals surface area contributed by atoms with Gasteiger partial charge in [0.15, 0.2) is 0 Å². The van der Waals surface area contributed by atoms with Crippen LogP contribution >= 0.6 is 0 Å². The van der Waals surface area contributed by atoms with Crippen molar-refractivity contribution in [3.05, 3.63) is 0 Å². The number of carbonyl (C=O) groups excluding carboxylic acids is 1. The molecule has 0 fully saturated rings. The Kier molecular flexibility index (Phi) is 110. The Morgan fingerprint density at radius 3 is 0.941 bits per heavy atom. The van der Waals surface area contributed by atoms with Crippen molar-refractivity contribution in [2.75, 3.05) is 106 Å². The number of unbranched alkanes of at least 4 members (excludes halogenated alkanes) is 2. The number of nitrogens with zero attached hydrogens (tertiary/aromatic N) is 4. The highest BCUT2D eigenvalue weighted by molar-refractivity contribution is 5.72. The molecular weight excluding hydrogens is 633 g/mol. The van der Waals surface area contributed by atoms with Gasteiger partial charge >= 0.3 is 0 Å². The average Bonchev–Trinajstić information content (AvgIpc) is 3.11. The Hall–Kier alpha value is -0.770. The van der Waals surface area contributed by atoms with Crippen LogP contribution in [0.3, 0.4) is 0 Å². The predicted molar refractivity (Wildman–Crippen MR) is 241 cm³/mol. The summed E-state index contributed by atoms with van der Waals surface area (Å²) >= 11 is 0. The molecule has 0 aliphatic carbocycles. The molecule has 0 unspecified atom stereocenters. The molecule has 0 aromatic carbocycles. The number of hydrogen-bond acceptors (Lipinski definition) is 7. The maximum absolute atomic E-state index is 10.3. The topological polar surface area (TPSA) is 63.3 Å². The second-order valence-electron chi connectivity index (χ2n) is 12.0. The van der Waals surface area contributed by atoms with Crippen molar-refractivity contribution in [3.8, 4) is 0 Å². The largest absolute Gasteiger partial charge is 0.382 e. The Labute approximate surface area is 328 Å². The SMILES string of the molecule is CCC.CCCCC.CCCN(C)CC.CCN(C)C(C)=O.CCN(C)CC.CCN(CC)CC.CCNC(C)C.CCNCC.CCOCC. The molecule has 0 aromatic rings. The van der Waals surface area contributed by atoms with E-state index in [1.54, 1.807) is 18.9 Å². The van der Waals surface area contributed by atoms with E-state index in [1.165, 1.54) is 64.8 Å². The number of nitrogens with one attached hydrogen (secondary N) is 2. The van der Waals surface area contributed by atoms with Gasteiger partial charge in [0.25, 0.3) is 0 Å². The van der Waals surface area contributed by atoms with E-state index >= 15 is 0 Å². The van der Waals surface area contributed by atoms with Gasteiger partial charge in [-0.1, -0.05) is 136 Å². The van der Waals surface area contributed by atoms with E-state index in [1.807, 2.05) is 20.8 Å². The van der Waals surface area contributed by atoms with Gasteiger partial charge in [0, 0.05) is 39.8 Å². The number of carbonyl (C=O) groups is 1. The molecule has 0 heterocycles. The van der Waals surface area contributed by atoms with Crippen LogP contribution in [0.25, 0.3) is 0 Å². The van der Waals surface area contributed by atoms with Crippen molar-refractivity contribution in [2.45, 2.75) is 177 Å². The molecule has 0 radical (unpaired) electrons. The first-order chi connectivity index (χ1) is 24.1. The first kappa shape index (κ1) is 71.6. The molecule has 0 aliphatic rings. The highest BCUT2D eigenvalue weighted by Gasteiger charge is 1.93. The van der Waals surface area contributed by atoms with Gasteiger partial charge < -0.3 is 35.0 Å². The molecule has 51 heavy (non-hydrogen) atoms. The minimum absolute atomic E-state index is 0.127. The van der Waals surface area contributed by atoms with Gasteiger partial charge in [0.05, 0.1) is 0 Å². The second kappa shape index (κ2) is 78.4. The van der Waals surface area contributed by atoms with Crippen molar-refractivity contribution in [2.24, 2.45) is 0 Å². The van der Waals surface area contributed by atoms with Gasteiger partial charge in [0.2, 0.25) is 5.91 Å². The fraction of sp³-hybridized carbons (Fsp3) is 0.977. The van der Waals surface area contributed by atoms with E-state index in [0.717, 1.165) is 52.5 Å². The number of rotatable bonds is 17. The second-order valence-corrected chi connectivity index (χ2v) is 12.0. The maximum atomic E-state index is 10.3. The van der Waals surface area contributed by atoms with Crippen LogP contribution in [-0.4, -0.2) is 138 Å². The molecule has 8 heteroatoms. The zero-order chi connectivity index (χ0) is 42.3. The zero-order valence-corrected chi connectivity index (χ0v) is 40.4. The molecule has 1 amide bonds. The van der Waals surface area contributed by atoms with Crippen molar-refractivity contribution < 1.29 is 9.53 Å². The van der Waals surface area contributed by atoms with E-state index in [9.17, 15) is 4.79 Å². The van der Waals surface area contributed by atoms with Gasteiger partial charge in [-0.05, 0) is 107 Å². The molecule has 0 spiro atoms. The minimum atomic E-state index is 0.127. The number of amides is 1. The van der Waals surface area contributed by atoms with Crippen LogP contribution in [0, 0.1) is 0 Å². The normalized spacial score (nSPS) is 9.16. The summed E-state index contributed by atoms with van der Waals surface area (Å²) in [7, 11) is 6.03. The molecule has 8 nitrogen and oxygen atoms in total. The van der Waals surface area contributed by atoms with Crippen molar-refractivity contribution >= 4 is 5.91 Å². The molecule has 322 valence electrons. The summed E-state index contributed by atoms with van der Waals surface area (Å²) in [6.45, 7) is 56.1. The van der Waals surface area contributed by atoms with E-state index in [0.29, 0.717) is 6.04 Å². The molecule has 2 N–H and O–H groups in total. The van der Waals surface area contributed by atoms with Gasteiger partial charge in [-0.15, -0.1) is 0 Å². The van der Waals surface area contributed by atoms with Crippen LogP contribution in [0.1, 0.15) is 171 Å². The summed E-state index contributed by atoms with van der Waals surface area (Å²) in [6.07, 6.45) is 6.59.